The van der Waals surface area contributed by atoms with Gasteiger partial charge in [0.15, 0.2) is 17.4 Å². The third-order valence-corrected chi connectivity index (χ3v) is 3.60. The Bertz CT molecular complexity index is 630. The van der Waals surface area contributed by atoms with Gasteiger partial charge in [0.05, 0.1) is 0 Å². The van der Waals surface area contributed by atoms with Crippen molar-refractivity contribution in [3.63, 3.8) is 0 Å². The van der Waals surface area contributed by atoms with Crippen LogP contribution in [-0.2, 0) is 5.88 Å². The molecule has 0 N–H and O–H groups in total. The summed E-state index contributed by atoms with van der Waals surface area (Å²) in [5, 5.41) is 0. The van der Waals surface area contributed by atoms with Crippen LogP contribution < -0.4 is 4.74 Å². The number of halogens is 3. The molecule has 106 valence electrons. The maximum atomic E-state index is 13.9. The molecule has 20 heavy (non-hydrogen) atoms. The SMILES string of the molecule is Cc1ccc(C)c(Oc2c(F)cc(CCl)cc2F)c1C. The van der Waals surface area contributed by atoms with E-state index in [-0.39, 0.29) is 5.88 Å². The standard InChI is InChI=1S/C16H15ClF2O/c1-9-4-5-10(2)15(11(9)3)20-16-13(18)6-12(8-17)7-14(16)19/h4-7H,8H2,1-3H3. The second-order valence-corrected chi connectivity index (χ2v) is 5.05. The van der Waals surface area contributed by atoms with Crippen molar-refractivity contribution in [2.45, 2.75) is 26.7 Å². The van der Waals surface area contributed by atoms with Gasteiger partial charge < -0.3 is 4.74 Å². The minimum absolute atomic E-state index is 0.0522. The summed E-state index contributed by atoms with van der Waals surface area (Å²) in [5.74, 6) is -1.35. The maximum absolute atomic E-state index is 13.9. The van der Waals surface area contributed by atoms with E-state index in [1.807, 2.05) is 32.9 Å². The summed E-state index contributed by atoms with van der Waals surface area (Å²) in [7, 11) is 0. The van der Waals surface area contributed by atoms with Crippen molar-refractivity contribution >= 4 is 11.6 Å². The molecule has 2 rings (SSSR count). The lowest BCUT2D eigenvalue weighted by Crippen LogP contribution is -1.98. The fourth-order valence-electron chi connectivity index (χ4n) is 1.97. The fourth-order valence-corrected chi connectivity index (χ4v) is 2.13. The van der Waals surface area contributed by atoms with Crippen LogP contribution in [0.1, 0.15) is 22.3 Å². The molecule has 1 nitrogen and oxygen atoms in total. The Hall–Kier alpha value is -1.61. The first-order valence-electron chi connectivity index (χ1n) is 6.22. The molecule has 0 aromatic heterocycles. The van der Waals surface area contributed by atoms with Gasteiger partial charge in [-0.1, -0.05) is 12.1 Å². The Morgan fingerprint density at radius 3 is 2.05 bits per heavy atom. The lowest BCUT2D eigenvalue weighted by atomic mass is 10.1. The average Bonchev–Trinajstić information content (AvgIpc) is 2.41. The smallest absolute Gasteiger partial charge is 0.198 e. The summed E-state index contributed by atoms with van der Waals surface area (Å²) in [6, 6.07) is 6.18. The molecule has 0 aliphatic rings. The van der Waals surface area contributed by atoms with Crippen molar-refractivity contribution in [1.29, 1.82) is 0 Å². The third kappa shape index (κ3) is 2.78. The van der Waals surface area contributed by atoms with Gasteiger partial charge >= 0.3 is 0 Å². The van der Waals surface area contributed by atoms with Crippen LogP contribution in [0, 0.1) is 32.4 Å². The highest BCUT2D eigenvalue weighted by Crippen LogP contribution is 2.34. The van der Waals surface area contributed by atoms with E-state index in [4.69, 9.17) is 16.3 Å². The normalized spacial score (nSPS) is 10.7. The van der Waals surface area contributed by atoms with Gasteiger partial charge in [0.2, 0.25) is 0 Å². The average molecular weight is 297 g/mol. The summed E-state index contributed by atoms with van der Waals surface area (Å²) in [5.41, 5.74) is 3.08. The topological polar surface area (TPSA) is 9.23 Å². The molecule has 0 unspecified atom stereocenters. The van der Waals surface area contributed by atoms with Crippen molar-refractivity contribution < 1.29 is 13.5 Å². The van der Waals surface area contributed by atoms with Gasteiger partial charge in [-0.25, -0.2) is 8.78 Å². The Kier molecular flexibility index (Phi) is 4.29. The van der Waals surface area contributed by atoms with Gasteiger partial charge in [-0.15, -0.1) is 11.6 Å². The molecule has 0 fully saturated rings. The number of rotatable bonds is 3. The quantitative estimate of drug-likeness (QED) is 0.687. The van der Waals surface area contributed by atoms with E-state index in [2.05, 4.69) is 0 Å². The van der Waals surface area contributed by atoms with Crippen LogP contribution >= 0.6 is 11.6 Å². The van der Waals surface area contributed by atoms with Gasteiger partial charge in [0.1, 0.15) is 5.75 Å². The van der Waals surface area contributed by atoms with Crippen LogP contribution in [0.5, 0.6) is 11.5 Å². The number of hydrogen-bond donors (Lipinski definition) is 0. The van der Waals surface area contributed by atoms with Crippen LogP contribution in [0.3, 0.4) is 0 Å². The summed E-state index contributed by atoms with van der Waals surface area (Å²) in [6.45, 7) is 5.62. The Labute approximate surface area is 122 Å². The number of benzene rings is 2. The zero-order chi connectivity index (χ0) is 14.9. The molecule has 0 atom stereocenters. The number of ether oxygens (including phenoxy) is 1. The van der Waals surface area contributed by atoms with Crippen LogP contribution in [0.15, 0.2) is 24.3 Å². The molecule has 0 saturated heterocycles. The largest absolute Gasteiger partial charge is 0.451 e. The van der Waals surface area contributed by atoms with Gasteiger partial charge in [-0.05, 0) is 55.2 Å². The molecule has 0 amide bonds. The Morgan fingerprint density at radius 1 is 0.950 bits per heavy atom. The second-order valence-electron chi connectivity index (χ2n) is 4.78. The molecule has 0 aliphatic carbocycles. The highest BCUT2D eigenvalue weighted by Gasteiger charge is 2.16. The van der Waals surface area contributed by atoms with Crippen molar-refractivity contribution in [2.24, 2.45) is 0 Å². The number of hydrogen-bond acceptors (Lipinski definition) is 1. The molecule has 2 aromatic rings. The van der Waals surface area contributed by atoms with E-state index >= 15 is 0 Å². The van der Waals surface area contributed by atoms with Gasteiger partial charge in [0, 0.05) is 5.88 Å². The molecule has 0 bridgehead atoms. The van der Waals surface area contributed by atoms with Gasteiger partial charge in [-0.2, -0.15) is 0 Å². The zero-order valence-electron chi connectivity index (χ0n) is 11.6. The monoisotopic (exact) mass is 296 g/mol. The highest BCUT2D eigenvalue weighted by molar-refractivity contribution is 6.17. The Balaban J connectivity index is 2.48. The first-order chi connectivity index (χ1) is 9.43. The fraction of sp³-hybridized carbons (Fsp3) is 0.250. The molecule has 0 spiro atoms. The van der Waals surface area contributed by atoms with E-state index in [1.54, 1.807) is 0 Å². The van der Waals surface area contributed by atoms with Crippen LogP contribution in [0.4, 0.5) is 8.78 Å². The zero-order valence-corrected chi connectivity index (χ0v) is 12.3. The maximum Gasteiger partial charge on any atom is 0.198 e. The minimum atomic E-state index is -0.749. The predicted octanol–water partition coefficient (Wildman–Crippen LogP) is 5.42. The van der Waals surface area contributed by atoms with Crippen molar-refractivity contribution in [3.8, 4) is 11.5 Å². The molecular weight excluding hydrogens is 282 g/mol. The second kappa shape index (κ2) is 5.80. The molecule has 0 aliphatic heterocycles. The predicted molar refractivity (Wildman–Crippen MR) is 76.6 cm³/mol. The van der Waals surface area contributed by atoms with Gasteiger partial charge in [0.25, 0.3) is 0 Å². The minimum Gasteiger partial charge on any atom is -0.451 e. The molecule has 0 saturated carbocycles. The van der Waals surface area contributed by atoms with Crippen LogP contribution in [-0.4, -0.2) is 0 Å². The summed E-state index contributed by atoms with van der Waals surface area (Å²) in [4.78, 5) is 0. The van der Waals surface area contributed by atoms with E-state index < -0.39 is 17.4 Å². The van der Waals surface area contributed by atoms with Gasteiger partial charge in [-0.3, -0.25) is 0 Å². The highest BCUT2D eigenvalue weighted by atomic mass is 35.5. The molecule has 0 radical (unpaired) electrons. The summed E-state index contributed by atoms with van der Waals surface area (Å²) >= 11 is 5.58. The molecule has 0 heterocycles. The third-order valence-electron chi connectivity index (χ3n) is 3.29. The number of aryl methyl sites for hydroxylation is 2. The van der Waals surface area contributed by atoms with Crippen molar-refractivity contribution in [1.82, 2.24) is 0 Å². The summed E-state index contributed by atoms with van der Waals surface area (Å²) < 4.78 is 33.3. The van der Waals surface area contributed by atoms with Crippen LogP contribution in [0.25, 0.3) is 0 Å². The molecular formula is C16H15ClF2O. The molecule has 4 heteroatoms. The van der Waals surface area contributed by atoms with E-state index in [0.29, 0.717) is 11.3 Å². The molecule has 2 aromatic carbocycles. The lowest BCUT2D eigenvalue weighted by molar-refractivity contribution is 0.402. The first kappa shape index (κ1) is 14.8. The van der Waals surface area contributed by atoms with E-state index in [9.17, 15) is 8.78 Å². The van der Waals surface area contributed by atoms with E-state index in [1.165, 1.54) is 12.1 Å². The van der Waals surface area contributed by atoms with Crippen molar-refractivity contribution in [3.05, 3.63) is 58.2 Å². The van der Waals surface area contributed by atoms with Crippen molar-refractivity contribution in [2.75, 3.05) is 0 Å². The number of alkyl halides is 1. The summed E-state index contributed by atoms with van der Waals surface area (Å²) in [6.07, 6.45) is 0. The Morgan fingerprint density at radius 2 is 1.50 bits per heavy atom. The van der Waals surface area contributed by atoms with E-state index in [0.717, 1.165) is 16.7 Å². The van der Waals surface area contributed by atoms with Crippen LogP contribution in [0.2, 0.25) is 0 Å². The first-order valence-corrected chi connectivity index (χ1v) is 6.76. The lowest BCUT2D eigenvalue weighted by Gasteiger charge is -2.15.